The van der Waals surface area contributed by atoms with E-state index in [0.29, 0.717) is 6.04 Å². The van der Waals surface area contributed by atoms with Gasteiger partial charge in [-0.3, -0.25) is 4.90 Å². The molecule has 2 aromatic rings. The van der Waals surface area contributed by atoms with E-state index in [4.69, 9.17) is 0 Å². The maximum absolute atomic E-state index is 3.61. The summed E-state index contributed by atoms with van der Waals surface area (Å²) in [5.74, 6) is 0. The van der Waals surface area contributed by atoms with Crippen LogP contribution < -0.4 is 0 Å². The van der Waals surface area contributed by atoms with Gasteiger partial charge < -0.3 is 9.88 Å². The normalized spacial score (nSPS) is 25.1. The van der Waals surface area contributed by atoms with Gasteiger partial charge in [0.25, 0.3) is 0 Å². The maximum atomic E-state index is 3.61. The molecule has 1 saturated heterocycles. The number of H-pyrrole nitrogens is 1. The first-order valence-electron chi connectivity index (χ1n) is 6.82. The number of rotatable bonds is 0. The van der Waals surface area contributed by atoms with Gasteiger partial charge in [0, 0.05) is 48.8 Å². The van der Waals surface area contributed by atoms with Gasteiger partial charge in [0.15, 0.2) is 0 Å². The number of nitrogens with zero attached hydrogens (tertiary/aromatic N) is 2. The lowest BCUT2D eigenvalue weighted by molar-refractivity contribution is 0.0743. The van der Waals surface area contributed by atoms with Crippen LogP contribution in [-0.4, -0.2) is 47.5 Å². The van der Waals surface area contributed by atoms with Crippen molar-refractivity contribution in [3.8, 4) is 0 Å². The number of likely N-dealkylation sites (N-methyl/N-ethyl adjacent to an activating group) is 1. The van der Waals surface area contributed by atoms with Crippen molar-refractivity contribution >= 4 is 10.9 Å². The highest BCUT2D eigenvalue weighted by Crippen LogP contribution is 2.31. The highest BCUT2D eigenvalue weighted by Gasteiger charge is 2.31. The number of hydrogen-bond donors (Lipinski definition) is 1. The van der Waals surface area contributed by atoms with Crippen LogP contribution in [0.25, 0.3) is 10.9 Å². The summed E-state index contributed by atoms with van der Waals surface area (Å²) in [6, 6.07) is 9.42. The predicted molar refractivity (Wildman–Crippen MR) is 73.7 cm³/mol. The molecule has 0 aliphatic carbocycles. The fourth-order valence-corrected chi connectivity index (χ4v) is 3.51. The Morgan fingerprint density at radius 1 is 1.22 bits per heavy atom. The van der Waals surface area contributed by atoms with Crippen molar-refractivity contribution in [3.63, 3.8) is 0 Å². The van der Waals surface area contributed by atoms with Gasteiger partial charge in [-0.25, -0.2) is 0 Å². The molecule has 0 radical (unpaired) electrons. The molecule has 0 spiro atoms. The van der Waals surface area contributed by atoms with Crippen LogP contribution in [0.2, 0.25) is 0 Å². The van der Waals surface area contributed by atoms with E-state index >= 15 is 0 Å². The standard InChI is InChI=1S/C15H19N3/c1-17-6-7-18-10-15-13(8-11(18)9-17)12-4-2-3-5-14(12)16-15/h2-5,11,16H,6-10H2,1H3/t11-/m1/s1. The summed E-state index contributed by atoms with van der Waals surface area (Å²) >= 11 is 0. The molecule has 0 bridgehead atoms. The minimum atomic E-state index is 0.704. The number of aromatic amines is 1. The number of para-hydroxylation sites is 1. The van der Waals surface area contributed by atoms with E-state index in [9.17, 15) is 0 Å². The molecule has 3 heteroatoms. The van der Waals surface area contributed by atoms with E-state index in [1.165, 1.54) is 42.7 Å². The minimum absolute atomic E-state index is 0.704. The van der Waals surface area contributed by atoms with Gasteiger partial charge in [-0.05, 0) is 25.1 Å². The molecule has 4 rings (SSSR count). The maximum Gasteiger partial charge on any atom is 0.0459 e. The second-order valence-corrected chi connectivity index (χ2v) is 5.72. The zero-order valence-electron chi connectivity index (χ0n) is 10.8. The number of piperazine rings is 1. The molecule has 0 saturated carbocycles. The van der Waals surface area contributed by atoms with Crippen LogP contribution in [0.15, 0.2) is 24.3 Å². The Hall–Kier alpha value is -1.32. The Kier molecular flexibility index (Phi) is 2.26. The SMILES string of the molecule is CN1CCN2Cc3[nH]c4ccccc4c3C[C@@H]2C1. The molecule has 18 heavy (non-hydrogen) atoms. The van der Waals surface area contributed by atoms with E-state index in [1.54, 1.807) is 5.56 Å². The van der Waals surface area contributed by atoms with Gasteiger partial charge in [-0.2, -0.15) is 0 Å². The summed E-state index contributed by atoms with van der Waals surface area (Å²) in [4.78, 5) is 8.70. The largest absolute Gasteiger partial charge is 0.357 e. The first-order valence-corrected chi connectivity index (χ1v) is 6.82. The first-order chi connectivity index (χ1) is 8.81. The number of hydrogen-bond acceptors (Lipinski definition) is 2. The van der Waals surface area contributed by atoms with Crippen LogP contribution in [-0.2, 0) is 13.0 Å². The van der Waals surface area contributed by atoms with E-state index < -0.39 is 0 Å². The molecule has 3 nitrogen and oxygen atoms in total. The van der Waals surface area contributed by atoms with Gasteiger partial charge in [-0.15, -0.1) is 0 Å². The molecular weight excluding hydrogens is 222 g/mol. The Labute approximate surface area is 107 Å². The van der Waals surface area contributed by atoms with Crippen LogP contribution in [0.5, 0.6) is 0 Å². The zero-order valence-corrected chi connectivity index (χ0v) is 10.8. The lowest BCUT2D eigenvalue weighted by Gasteiger charge is -2.42. The molecule has 1 fully saturated rings. The number of aromatic nitrogens is 1. The van der Waals surface area contributed by atoms with Crippen molar-refractivity contribution in [1.82, 2.24) is 14.8 Å². The molecule has 1 N–H and O–H groups in total. The molecule has 1 aromatic carbocycles. The molecule has 1 aromatic heterocycles. The molecule has 0 amide bonds. The molecule has 2 aliphatic heterocycles. The average molecular weight is 241 g/mol. The lowest BCUT2D eigenvalue weighted by Crippen LogP contribution is -2.53. The summed E-state index contributed by atoms with van der Waals surface area (Å²) in [6.07, 6.45) is 1.20. The topological polar surface area (TPSA) is 22.3 Å². The number of benzene rings is 1. The highest BCUT2D eigenvalue weighted by molar-refractivity contribution is 5.84. The van der Waals surface area contributed by atoms with Crippen LogP contribution in [0.1, 0.15) is 11.3 Å². The van der Waals surface area contributed by atoms with Gasteiger partial charge in [-0.1, -0.05) is 18.2 Å². The molecule has 94 valence electrons. The second-order valence-electron chi connectivity index (χ2n) is 5.72. The van der Waals surface area contributed by atoms with Crippen molar-refractivity contribution in [2.75, 3.05) is 26.7 Å². The summed E-state index contributed by atoms with van der Waals surface area (Å²) in [5, 5.41) is 1.43. The second kappa shape index (κ2) is 3.84. The summed E-state index contributed by atoms with van der Waals surface area (Å²) in [5.41, 5.74) is 4.30. The first kappa shape index (κ1) is 10.6. The van der Waals surface area contributed by atoms with Gasteiger partial charge in [0.05, 0.1) is 0 Å². The van der Waals surface area contributed by atoms with Crippen LogP contribution >= 0.6 is 0 Å². The zero-order chi connectivity index (χ0) is 12.1. The van der Waals surface area contributed by atoms with Crippen LogP contribution in [0.3, 0.4) is 0 Å². The van der Waals surface area contributed by atoms with Crippen molar-refractivity contribution in [1.29, 1.82) is 0 Å². The van der Waals surface area contributed by atoms with Gasteiger partial charge >= 0.3 is 0 Å². The summed E-state index contributed by atoms with van der Waals surface area (Å²) < 4.78 is 0. The Balaban J connectivity index is 1.78. The van der Waals surface area contributed by atoms with Gasteiger partial charge in [0.1, 0.15) is 0 Å². The van der Waals surface area contributed by atoms with Crippen molar-refractivity contribution in [3.05, 3.63) is 35.5 Å². The quantitative estimate of drug-likeness (QED) is 0.760. The third-order valence-corrected chi connectivity index (χ3v) is 4.51. The number of fused-ring (bicyclic) bond motifs is 4. The third kappa shape index (κ3) is 1.51. The smallest absolute Gasteiger partial charge is 0.0459 e. The Morgan fingerprint density at radius 3 is 3.06 bits per heavy atom. The van der Waals surface area contributed by atoms with Crippen molar-refractivity contribution < 1.29 is 0 Å². The van der Waals surface area contributed by atoms with Crippen LogP contribution in [0.4, 0.5) is 0 Å². The fraction of sp³-hybridized carbons (Fsp3) is 0.467. The van der Waals surface area contributed by atoms with E-state index in [0.717, 1.165) is 6.54 Å². The monoisotopic (exact) mass is 241 g/mol. The molecular formula is C15H19N3. The summed E-state index contributed by atoms with van der Waals surface area (Å²) in [6.45, 7) is 4.71. The minimum Gasteiger partial charge on any atom is -0.357 e. The average Bonchev–Trinajstić information content (AvgIpc) is 2.74. The highest BCUT2D eigenvalue weighted by atomic mass is 15.3. The van der Waals surface area contributed by atoms with Crippen molar-refractivity contribution in [2.24, 2.45) is 0 Å². The van der Waals surface area contributed by atoms with Crippen LogP contribution in [0, 0.1) is 0 Å². The van der Waals surface area contributed by atoms with E-state index in [1.807, 2.05) is 0 Å². The predicted octanol–water partition coefficient (Wildman–Crippen LogP) is 1.84. The van der Waals surface area contributed by atoms with Crippen molar-refractivity contribution in [2.45, 2.75) is 19.0 Å². The third-order valence-electron chi connectivity index (χ3n) is 4.51. The molecule has 3 heterocycles. The lowest BCUT2D eigenvalue weighted by atomic mass is 9.95. The molecule has 0 unspecified atom stereocenters. The Bertz CT molecular complexity index is 586. The summed E-state index contributed by atoms with van der Waals surface area (Å²) in [7, 11) is 2.24. The van der Waals surface area contributed by atoms with E-state index in [-0.39, 0.29) is 0 Å². The molecule has 2 aliphatic rings. The fourth-order valence-electron chi connectivity index (χ4n) is 3.51. The van der Waals surface area contributed by atoms with Gasteiger partial charge in [0.2, 0.25) is 0 Å². The molecule has 1 atom stereocenters. The number of nitrogens with one attached hydrogen (secondary N) is 1. The van der Waals surface area contributed by atoms with E-state index in [2.05, 4.69) is 46.1 Å². The Morgan fingerprint density at radius 2 is 2.11 bits per heavy atom.